The molecule has 0 aliphatic carbocycles. The third kappa shape index (κ3) is 6.78. The van der Waals surface area contributed by atoms with Gasteiger partial charge in [-0.25, -0.2) is 0 Å². The van der Waals surface area contributed by atoms with Gasteiger partial charge in [0.2, 0.25) is 5.91 Å². The minimum Gasteiger partial charge on any atom is -0.399 e. The Kier molecular flexibility index (Phi) is 9.01. The summed E-state index contributed by atoms with van der Waals surface area (Å²) in [4.78, 5) is 14.1. The van der Waals surface area contributed by atoms with E-state index in [0.717, 1.165) is 17.8 Å². The molecule has 20 heavy (non-hydrogen) atoms. The first-order valence-electron chi connectivity index (χ1n) is 6.64. The van der Waals surface area contributed by atoms with Gasteiger partial charge in [0.25, 0.3) is 0 Å². The normalized spacial score (nSPS) is 10.2. The predicted molar refractivity (Wildman–Crippen MR) is 85.1 cm³/mol. The molecule has 5 heteroatoms. The van der Waals surface area contributed by atoms with E-state index >= 15 is 0 Å². The second-order valence-corrected chi connectivity index (χ2v) is 5.14. The van der Waals surface area contributed by atoms with Gasteiger partial charge in [0, 0.05) is 25.9 Å². The Bertz CT molecular complexity index is 393. The van der Waals surface area contributed by atoms with Gasteiger partial charge in [-0.1, -0.05) is 26.0 Å². The van der Waals surface area contributed by atoms with E-state index in [1.807, 2.05) is 29.2 Å². The number of rotatable bonds is 7. The molecule has 2 N–H and O–H groups in total. The highest BCUT2D eigenvalue weighted by Crippen LogP contribution is 2.09. The van der Waals surface area contributed by atoms with Crippen molar-refractivity contribution in [1.82, 2.24) is 4.90 Å². The SMILES string of the molecule is COCCN(CC(C)C)C(=O)Cc1ccc(N)cc1.Cl. The maximum absolute atomic E-state index is 12.3. The summed E-state index contributed by atoms with van der Waals surface area (Å²) in [7, 11) is 1.65. The summed E-state index contributed by atoms with van der Waals surface area (Å²) >= 11 is 0. The Hall–Kier alpha value is -1.26. The van der Waals surface area contributed by atoms with Crippen molar-refractivity contribution in [3.8, 4) is 0 Å². The predicted octanol–water partition coefficient (Wildman–Crippen LogP) is 2.36. The Morgan fingerprint density at radius 1 is 1.30 bits per heavy atom. The van der Waals surface area contributed by atoms with Gasteiger partial charge >= 0.3 is 0 Å². The Morgan fingerprint density at radius 2 is 1.90 bits per heavy atom. The van der Waals surface area contributed by atoms with Gasteiger partial charge in [0.05, 0.1) is 13.0 Å². The summed E-state index contributed by atoms with van der Waals surface area (Å²) in [5, 5.41) is 0. The second kappa shape index (κ2) is 9.61. The molecule has 0 fully saturated rings. The lowest BCUT2D eigenvalue weighted by atomic mass is 10.1. The average Bonchev–Trinajstić information content (AvgIpc) is 2.36. The number of nitrogen functional groups attached to an aromatic ring is 1. The summed E-state index contributed by atoms with van der Waals surface area (Å²) in [6.07, 6.45) is 0.413. The molecule has 0 aromatic heterocycles. The van der Waals surface area contributed by atoms with Crippen LogP contribution in [-0.2, 0) is 16.0 Å². The summed E-state index contributed by atoms with van der Waals surface area (Å²) in [5.74, 6) is 0.586. The molecule has 114 valence electrons. The van der Waals surface area contributed by atoms with Crippen molar-refractivity contribution in [2.75, 3.05) is 32.5 Å². The molecule has 0 saturated carbocycles. The first kappa shape index (κ1) is 18.7. The van der Waals surface area contributed by atoms with E-state index < -0.39 is 0 Å². The number of benzene rings is 1. The number of carbonyl (C=O) groups excluding carboxylic acids is 1. The highest BCUT2D eigenvalue weighted by Gasteiger charge is 2.15. The fraction of sp³-hybridized carbons (Fsp3) is 0.533. The van der Waals surface area contributed by atoms with E-state index in [2.05, 4.69) is 13.8 Å². The summed E-state index contributed by atoms with van der Waals surface area (Å²) in [5.41, 5.74) is 7.35. The molecule has 0 aliphatic heterocycles. The number of nitrogens with zero attached hydrogens (tertiary/aromatic N) is 1. The number of ether oxygens (including phenoxy) is 1. The Morgan fingerprint density at radius 3 is 2.40 bits per heavy atom. The number of amides is 1. The van der Waals surface area contributed by atoms with Crippen LogP contribution in [0.1, 0.15) is 19.4 Å². The van der Waals surface area contributed by atoms with Crippen LogP contribution in [0, 0.1) is 5.92 Å². The fourth-order valence-corrected chi connectivity index (χ4v) is 1.88. The average molecular weight is 301 g/mol. The molecule has 0 aliphatic rings. The molecule has 0 saturated heterocycles. The van der Waals surface area contributed by atoms with Crippen LogP contribution in [0.25, 0.3) is 0 Å². The zero-order valence-electron chi connectivity index (χ0n) is 12.5. The Balaban J connectivity index is 0.00000361. The van der Waals surface area contributed by atoms with Crippen molar-refractivity contribution in [2.45, 2.75) is 20.3 Å². The second-order valence-electron chi connectivity index (χ2n) is 5.14. The van der Waals surface area contributed by atoms with Gasteiger partial charge < -0.3 is 15.4 Å². The third-order valence-corrected chi connectivity index (χ3v) is 2.84. The standard InChI is InChI=1S/C15H24N2O2.ClH/c1-12(2)11-17(8-9-19-3)15(18)10-13-4-6-14(16)7-5-13;/h4-7,12H,8-11,16H2,1-3H3;1H. The lowest BCUT2D eigenvalue weighted by Gasteiger charge is -2.24. The van der Waals surface area contributed by atoms with Crippen LogP contribution in [0.15, 0.2) is 24.3 Å². The largest absolute Gasteiger partial charge is 0.399 e. The molecule has 1 amide bonds. The number of methoxy groups -OCH3 is 1. The van der Waals surface area contributed by atoms with Crippen LogP contribution in [0.5, 0.6) is 0 Å². The molecule has 0 heterocycles. The molecular weight excluding hydrogens is 276 g/mol. The number of carbonyl (C=O) groups is 1. The zero-order valence-corrected chi connectivity index (χ0v) is 13.3. The van der Waals surface area contributed by atoms with E-state index in [1.165, 1.54) is 0 Å². The molecular formula is C15H25ClN2O2. The lowest BCUT2D eigenvalue weighted by molar-refractivity contribution is -0.131. The molecule has 1 rings (SSSR count). The van der Waals surface area contributed by atoms with Gasteiger partial charge in [-0.05, 0) is 23.6 Å². The van der Waals surface area contributed by atoms with Gasteiger partial charge in [0.15, 0.2) is 0 Å². The van der Waals surface area contributed by atoms with E-state index in [4.69, 9.17) is 10.5 Å². The van der Waals surface area contributed by atoms with Gasteiger partial charge in [-0.3, -0.25) is 4.79 Å². The van der Waals surface area contributed by atoms with Crippen molar-refractivity contribution in [2.24, 2.45) is 5.92 Å². The minimum atomic E-state index is 0. The van der Waals surface area contributed by atoms with Crippen LogP contribution in [0.2, 0.25) is 0 Å². The van der Waals surface area contributed by atoms with Crippen molar-refractivity contribution in [1.29, 1.82) is 0 Å². The van der Waals surface area contributed by atoms with E-state index in [1.54, 1.807) is 7.11 Å². The summed E-state index contributed by atoms with van der Waals surface area (Å²) in [6.45, 7) is 6.19. The maximum Gasteiger partial charge on any atom is 0.227 e. The van der Waals surface area contributed by atoms with Gasteiger partial charge in [0.1, 0.15) is 0 Å². The Labute approximate surface area is 127 Å². The number of nitrogens with two attached hydrogens (primary N) is 1. The van der Waals surface area contributed by atoms with Crippen LogP contribution in [0.4, 0.5) is 5.69 Å². The lowest BCUT2D eigenvalue weighted by Crippen LogP contribution is -2.37. The summed E-state index contributed by atoms with van der Waals surface area (Å²) < 4.78 is 5.06. The highest BCUT2D eigenvalue weighted by molar-refractivity contribution is 5.85. The molecule has 0 spiro atoms. The number of hydrogen-bond acceptors (Lipinski definition) is 3. The fourth-order valence-electron chi connectivity index (χ4n) is 1.88. The molecule has 4 nitrogen and oxygen atoms in total. The molecule has 0 radical (unpaired) electrons. The summed E-state index contributed by atoms with van der Waals surface area (Å²) in [6, 6.07) is 7.45. The first-order chi connectivity index (χ1) is 9.02. The first-order valence-corrected chi connectivity index (χ1v) is 6.64. The maximum atomic E-state index is 12.3. The van der Waals surface area contributed by atoms with Crippen molar-refractivity contribution in [3.63, 3.8) is 0 Å². The minimum absolute atomic E-state index is 0. The van der Waals surface area contributed by atoms with Crippen LogP contribution in [-0.4, -0.2) is 37.6 Å². The molecule has 1 aromatic rings. The van der Waals surface area contributed by atoms with E-state index in [-0.39, 0.29) is 18.3 Å². The van der Waals surface area contributed by atoms with Crippen molar-refractivity contribution in [3.05, 3.63) is 29.8 Å². The zero-order chi connectivity index (χ0) is 14.3. The number of hydrogen-bond donors (Lipinski definition) is 1. The van der Waals surface area contributed by atoms with Crippen LogP contribution >= 0.6 is 12.4 Å². The smallest absolute Gasteiger partial charge is 0.227 e. The molecule has 1 aromatic carbocycles. The molecule has 0 atom stereocenters. The van der Waals surface area contributed by atoms with E-state index in [0.29, 0.717) is 25.5 Å². The van der Waals surface area contributed by atoms with Crippen LogP contribution < -0.4 is 5.73 Å². The van der Waals surface area contributed by atoms with Gasteiger partial charge in [-0.2, -0.15) is 0 Å². The highest BCUT2D eigenvalue weighted by atomic mass is 35.5. The quantitative estimate of drug-likeness (QED) is 0.787. The monoisotopic (exact) mass is 300 g/mol. The number of anilines is 1. The number of halogens is 1. The van der Waals surface area contributed by atoms with Crippen LogP contribution in [0.3, 0.4) is 0 Å². The topological polar surface area (TPSA) is 55.6 Å². The third-order valence-electron chi connectivity index (χ3n) is 2.84. The molecule has 0 bridgehead atoms. The molecule has 0 unspecified atom stereocenters. The van der Waals surface area contributed by atoms with Gasteiger partial charge in [-0.15, -0.1) is 12.4 Å². The van der Waals surface area contributed by atoms with Crippen molar-refractivity contribution >= 4 is 24.0 Å². The van der Waals surface area contributed by atoms with Crippen molar-refractivity contribution < 1.29 is 9.53 Å². The van der Waals surface area contributed by atoms with E-state index in [9.17, 15) is 4.79 Å².